The highest BCUT2D eigenvalue weighted by Gasteiger charge is 2.30. The first-order chi connectivity index (χ1) is 70.4. The fraction of sp³-hybridized carbons (Fsp3) is 0.352. The average Bonchev–Trinajstić information content (AvgIpc) is 1.64. The van der Waals surface area contributed by atoms with Crippen LogP contribution in [-0.4, -0.2) is 84.1 Å². The molecule has 15 aromatic rings. The second-order valence-corrected chi connectivity index (χ2v) is 38.8. The maximum atomic E-state index is 12.7. The lowest BCUT2D eigenvalue weighted by atomic mass is 10.0. The molecule has 0 radical (unpaired) electrons. The van der Waals surface area contributed by atoms with Crippen LogP contribution in [0.15, 0.2) is 311 Å². The lowest BCUT2D eigenvalue weighted by molar-refractivity contribution is -0.120. The molecule has 16 rings (SSSR count). The van der Waals surface area contributed by atoms with Gasteiger partial charge in [0.05, 0.1) is 0 Å². The van der Waals surface area contributed by atoms with Gasteiger partial charge in [-0.1, -0.05) is 210 Å². The van der Waals surface area contributed by atoms with Crippen LogP contribution in [0.5, 0.6) is 0 Å². The van der Waals surface area contributed by atoms with Gasteiger partial charge in [0.2, 0.25) is 5.91 Å². The third kappa shape index (κ3) is 37.5. The van der Waals surface area contributed by atoms with Crippen LogP contribution in [0.3, 0.4) is 0 Å². The van der Waals surface area contributed by atoms with Crippen molar-refractivity contribution < 1.29 is 31.5 Å². The number of unbranched alkanes of at least 4 members (excludes halogenated alkanes) is 19. The van der Waals surface area contributed by atoms with Crippen molar-refractivity contribution in [2.24, 2.45) is 0 Å². The average molecular weight is 2010 g/mol. The molecule has 6 aromatic carbocycles. The Labute approximate surface area is 859 Å². The van der Waals surface area contributed by atoms with Crippen molar-refractivity contribution in [1.82, 2.24) is 43.2 Å². The summed E-state index contributed by atoms with van der Waals surface area (Å²) in [5.41, 5.74) is 18.7. The number of nitrogens with zero attached hydrogens (tertiary/aromatic N) is 10. The first-order valence-electron chi connectivity index (χ1n) is 52.9. The molecular formula is C125H145IN10O6. The second-order valence-electron chi connectivity index (χ2n) is 37.6. The highest BCUT2D eigenvalue weighted by atomic mass is 127. The molecule has 16 nitrogen and oxygen atoms in total. The SMILES string of the molecule is Cc1cc2ccccc2n1CCCCCCCC(=O)CCc1cccnc1.Cc1ccc2c(c1)cc(-c1ccccc1)n2CCCCCCCC(=O)/C=C/c1cccnc1.Cc1ccc2c(ccn2CCCCCCCC(=O)/C=C/c2cccnc2)c1.O=C(/C=C/c1cccnc1)CCCCCCCn1ccc2cc(I)ccc21.[2H]C(C(=O)CCCCCCC(=O)N1c2ccccc2CC1C)C([2H])c1cccnc1. The van der Waals surface area contributed by atoms with Crippen molar-refractivity contribution in [3.8, 4) is 11.3 Å². The normalized spacial score (nSPS) is 12.8. The largest absolute Gasteiger partial charge is 0.347 e. The molecule has 0 N–H and O–H groups in total. The summed E-state index contributed by atoms with van der Waals surface area (Å²) in [4.78, 5) is 94.9. The minimum Gasteiger partial charge on any atom is -0.347 e. The molecule has 0 saturated heterocycles. The molecule has 0 spiro atoms. The van der Waals surface area contributed by atoms with Gasteiger partial charge < -0.3 is 23.2 Å². The minimum atomic E-state index is -1.08. The van der Waals surface area contributed by atoms with Gasteiger partial charge in [-0.2, -0.15) is 0 Å². The molecule has 1 aliphatic rings. The third-order valence-corrected chi connectivity index (χ3v) is 26.8. The molecule has 3 unspecified atom stereocenters. The number of rotatable bonds is 52. The van der Waals surface area contributed by atoms with Crippen molar-refractivity contribution in [3.63, 3.8) is 0 Å². The quantitative estimate of drug-likeness (QED) is 0.0200. The summed E-state index contributed by atoms with van der Waals surface area (Å²) in [6.45, 7) is 12.8. The second kappa shape index (κ2) is 61.0. The number of pyridine rings is 5. The van der Waals surface area contributed by atoms with Gasteiger partial charge in [0.15, 0.2) is 17.3 Å². The number of benzene rings is 6. The van der Waals surface area contributed by atoms with Crippen molar-refractivity contribution in [2.75, 3.05) is 4.90 Å². The number of fused-ring (bicyclic) bond motifs is 5. The van der Waals surface area contributed by atoms with Gasteiger partial charge in [-0.3, -0.25) is 53.7 Å². The Hall–Kier alpha value is -13.0. The number of Topliss-reactive ketones (excluding diaryl/α,β-unsaturated/α-hetero) is 2. The third-order valence-electron chi connectivity index (χ3n) is 26.1. The van der Waals surface area contributed by atoms with E-state index in [1.54, 1.807) is 86.1 Å². The van der Waals surface area contributed by atoms with E-state index < -0.39 is 12.8 Å². The lowest BCUT2D eigenvalue weighted by Crippen LogP contribution is -2.35. The highest BCUT2D eigenvalue weighted by molar-refractivity contribution is 14.1. The Bertz CT molecular complexity index is 6380. The number of carbonyl (C=O) groups excluding carboxylic acids is 6. The number of aromatic nitrogens is 9. The van der Waals surface area contributed by atoms with E-state index >= 15 is 0 Å². The van der Waals surface area contributed by atoms with Crippen LogP contribution < -0.4 is 4.90 Å². The maximum Gasteiger partial charge on any atom is 0.227 e. The molecule has 0 fully saturated rings. The molecule has 17 heteroatoms. The van der Waals surface area contributed by atoms with Gasteiger partial charge in [0.1, 0.15) is 11.6 Å². The van der Waals surface area contributed by atoms with Gasteiger partial charge in [-0.05, 0) is 329 Å². The molecule has 9 aromatic heterocycles. The summed E-state index contributed by atoms with van der Waals surface area (Å²) in [6.07, 6.45) is 62.1. The number of hydrogen-bond acceptors (Lipinski definition) is 11. The molecule has 3 atom stereocenters. The number of para-hydroxylation sites is 2. The van der Waals surface area contributed by atoms with Crippen LogP contribution in [-0.2, 0) is 74.2 Å². The lowest BCUT2D eigenvalue weighted by Gasteiger charge is -2.22. The van der Waals surface area contributed by atoms with E-state index in [1.807, 2.05) is 96.1 Å². The molecule has 0 saturated carbocycles. The van der Waals surface area contributed by atoms with E-state index in [2.05, 4.69) is 245 Å². The van der Waals surface area contributed by atoms with Crippen LogP contribution in [0.25, 0.3) is 73.1 Å². The molecule has 1 aliphatic heterocycles. The minimum absolute atomic E-state index is 0.170. The Morgan fingerprint density at radius 1 is 0.366 bits per heavy atom. The monoisotopic (exact) mass is 2010 g/mol. The zero-order valence-corrected chi connectivity index (χ0v) is 86.0. The molecule has 0 aliphatic carbocycles. The summed E-state index contributed by atoms with van der Waals surface area (Å²) >= 11 is 2.36. The number of amides is 1. The molecular weight excluding hydrogens is 1860 g/mol. The van der Waals surface area contributed by atoms with E-state index in [-0.39, 0.29) is 35.1 Å². The Morgan fingerprint density at radius 3 is 1.34 bits per heavy atom. The fourth-order valence-corrected chi connectivity index (χ4v) is 18.9. The summed E-state index contributed by atoms with van der Waals surface area (Å²) in [5.74, 6) is 0.953. The van der Waals surface area contributed by atoms with Crippen molar-refractivity contribution in [2.45, 2.75) is 285 Å². The first-order valence-corrected chi connectivity index (χ1v) is 52.9. The van der Waals surface area contributed by atoms with Crippen LogP contribution in [0, 0.1) is 24.3 Å². The standard InChI is InChI=1S/C30H32N2O.C24H30N2O2.C24H30N2O.C24H28N2O.C23H25IN2O/c1-24-15-18-29-27(21-24)22-30(26-12-6-5-7-13-26)32(29)20-9-4-2-3-8-14-28(33)17-16-25-11-10-19-31-23-25;1-19-17-21-10-6-7-12-23(21)26(19)24(28)13-5-3-2-4-11-22(27)15-14-20-9-8-16-25-18-20;1-20-18-22-11-6-7-13-24(22)26(20)17-8-4-2-3-5-12-23(27)15-14-21-10-9-16-25-19-21;1-20-10-13-24-22(18-20)14-17-26(24)16-6-4-2-3-5-9-23(27)12-11-21-8-7-15-25-19-21;24-21-10-12-23-20(17-21)13-16-26(23)15-5-3-1-2-4-8-22(27)11-9-19-7-6-14-25-18-19/h5-7,10-13,15-19,21-23H,2-4,8-9,14,20H2,1H3;6-10,12,16,18-19H,2-5,11,13-15,17H2,1H3;6-7,9-11,13,16,18-19H,2-5,8,12,14-15,17H2,1H3;7-8,10-15,17-19H,2-6,9,16H2,1H3;6-7,9-14,16-18H,1-5,8,15H2/b17-16+;;;12-11+;11-9+/i;14D,15D;;;. The molecule has 1 amide bonds. The van der Waals surface area contributed by atoms with Crippen molar-refractivity contribution in [3.05, 3.63) is 365 Å². The molecule has 738 valence electrons. The van der Waals surface area contributed by atoms with Gasteiger partial charge in [0.25, 0.3) is 0 Å². The summed E-state index contributed by atoms with van der Waals surface area (Å²) < 4.78 is 27.0. The van der Waals surface area contributed by atoms with Crippen LogP contribution in [0.4, 0.5) is 5.69 Å². The highest BCUT2D eigenvalue weighted by Crippen LogP contribution is 2.35. The predicted octanol–water partition coefficient (Wildman–Crippen LogP) is 30.7. The van der Waals surface area contributed by atoms with Crippen LogP contribution in [0.2, 0.25) is 0 Å². The number of hydrogen-bond donors (Lipinski definition) is 0. The molecule has 10 heterocycles. The number of carbonyl (C=O) groups is 6. The molecule has 142 heavy (non-hydrogen) atoms. The number of ketones is 5. The van der Waals surface area contributed by atoms with E-state index in [1.165, 1.54) is 151 Å². The summed E-state index contributed by atoms with van der Waals surface area (Å²) in [6, 6.07) is 75.4. The zero-order chi connectivity index (χ0) is 101. The van der Waals surface area contributed by atoms with E-state index in [0.29, 0.717) is 56.3 Å². The van der Waals surface area contributed by atoms with Crippen LogP contribution in [0.1, 0.15) is 265 Å². The van der Waals surface area contributed by atoms with Crippen LogP contribution >= 0.6 is 22.6 Å². The number of allylic oxidation sites excluding steroid dienone is 3. The first kappa shape index (κ1) is 105. The number of anilines is 1. The van der Waals surface area contributed by atoms with Crippen molar-refractivity contribution >= 4 is 125 Å². The zero-order valence-electron chi connectivity index (χ0n) is 85.9. The number of halogens is 1. The van der Waals surface area contributed by atoms with Gasteiger partial charge in [0, 0.05) is 214 Å². The Morgan fingerprint density at radius 2 is 0.796 bits per heavy atom. The Balaban J connectivity index is 0.000000161. The van der Waals surface area contributed by atoms with E-state index in [4.69, 9.17) is 2.74 Å². The van der Waals surface area contributed by atoms with Gasteiger partial charge in [-0.15, -0.1) is 0 Å². The molecule has 0 bridgehead atoms. The predicted molar refractivity (Wildman–Crippen MR) is 596 cm³/mol. The van der Waals surface area contributed by atoms with Crippen molar-refractivity contribution in [1.29, 1.82) is 0 Å². The summed E-state index contributed by atoms with van der Waals surface area (Å²) in [7, 11) is 0. The summed E-state index contributed by atoms with van der Waals surface area (Å²) in [5, 5.41) is 5.29. The van der Waals surface area contributed by atoms with E-state index in [0.717, 1.165) is 150 Å². The van der Waals surface area contributed by atoms with Gasteiger partial charge >= 0.3 is 0 Å². The van der Waals surface area contributed by atoms with E-state index in [9.17, 15) is 28.8 Å². The fourth-order valence-electron chi connectivity index (χ4n) is 18.4. The number of aryl methyl sites for hydroxylation is 9. The Kier molecular flexibility index (Phi) is 45.0. The van der Waals surface area contributed by atoms with Gasteiger partial charge in [-0.25, -0.2) is 0 Å². The maximum absolute atomic E-state index is 12.7. The smallest absolute Gasteiger partial charge is 0.227 e. The topological polar surface area (TPSA) is 190 Å².